The highest BCUT2D eigenvalue weighted by Crippen LogP contribution is 2.29. The van der Waals surface area contributed by atoms with E-state index in [1.807, 2.05) is 13.8 Å². The van der Waals surface area contributed by atoms with Crippen molar-refractivity contribution in [1.82, 2.24) is 5.48 Å². The molecule has 2 aromatic rings. The number of amides is 1. The molecule has 27 heavy (non-hydrogen) atoms. The van der Waals surface area contributed by atoms with Crippen LogP contribution >= 0.6 is 0 Å². The summed E-state index contributed by atoms with van der Waals surface area (Å²) in [7, 11) is -3.92. The Morgan fingerprint density at radius 1 is 1.15 bits per heavy atom. The highest BCUT2D eigenvalue weighted by molar-refractivity contribution is 7.92. The summed E-state index contributed by atoms with van der Waals surface area (Å²) in [5.41, 5.74) is 2.61. The van der Waals surface area contributed by atoms with E-state index in [-0.39, 0.29) is 17.9 Å². The standard InChI is InChI=1S/C19H24N2O5S/c1-3-15-14-17(26-4-2)10-11-18(15)27(24,25)21(13-12-19(22)20-23)16-8-6-5-7-9-16/h5-11,14,23H,3-4,12-13H2,1-2H3,(H,20,22). The molecule has 0 fully saturated rings. The molecular formula is C19H24N2O5S. The molecular weight excluding hydrogens is 368 g/mol. The van der Waals surface area contributed by atoms with Crippen molar-refractivity contribution in [2.75, 3.05) is 17.5 Å². The minimum absolute atomic E-state index is 0.102. The number of hydroxylamine groups is 1. The number of aryl methyl sites for hydroxylation is 1. The van der Waals surface area contributed by atoms with Gasteiger partial charge in [0.25, 0.3) is 10.0 Å². The number of ether oxygens (including phenoxy) is 1. The van der Waals surface area contributed by atoms with Gasteiger partial charge < -0.3 is 4.74 Å². The van der Waals surface area contributed by atoms with Crippen LogP contribution in [0.3, 0.4) is 0 Å². The Morgan fingerprint density at radius 3 is 2.44 bits per heavy atom. The first-order chi connectivity index (χ1) is 12.9. The van der Waals surface area contributed by atoms with Gasteiger partial charge in [-0.05, 0) is 49.2 Å². The molecule has 0 radical (unpaired) electrons. The lowest BCUT2D eigenvalue weighted by molar-refractivity contribution is -0.128. The van der Waals surface area contributed by atoms with Gasteiger partial charge in [0.15, 0.2) is 0 Å². The summed E-state index contributed by atoms with van der Waals surface area (Å²) in [6, 6.07) is 13.4. The molecule has 8 heteroatoms. The number of anilines is 1. The van der Waals surface area contributed by atoms with E-state index in [1.54, 1.807) is 42.5 Å². The van der Waals surface area contributed by atoms with Crippen LogP contribution in [0.25, 0.3) is 0 Å². The van der Waals surface area contributed by atoms with E-state index in [0.29, 0.717) is 30.0 Å². The maximum atomic E-state index is 13.4. The minimum atomic E-state index is -3.92. The second-order valence-electron chi connectivity index (χ2n) is 5.75. The van der Waals surface area contributed by atoms with Crippen molar-refractivity contribution in [1.29, 1.82) is 0 Å². The zero-order valence-corrected chi connectivity index (χ0v) is 16.2. The molecule has 0 atom stereocenters. The number of hydrogen-bond acceptors (Lipinski definition) is 5. The smallest absolute Gasteiger partial charge is 0.264 e. The molecule has 7 nitrogen and oxygen atoms in total. The molecule has 0 bridgehead atoms. The summed E-state index contributed by atoms with van der Waals surface area (Å²) in [5, 5.41) is 8.72. The van der Waals surface area contributed by atoms with Crippen LogP contribution in [0.5, 0.6) is 5.75 Å². The van der Waals surface area contributed by atoms with Crippen molar-refractivity contribution in [3.8, 4) is 5.75 Å². The summed E-state index contributed by atoms with van der Waals surface area (Å²) >= 11 is 0. The third-order valence-corrected chi connectivity index (χ3v) is 5.93. The van der Waals surface area contributed by atoms with E-state index in [2.05, 4.69) is 0 Å². The molecule has 0 aliphatic rings. The van der Waals surface area contributed by atoms with Gasteiger partial charge in [-0.3, -0.25) is 14.3 Å². The zero-order valence-electron chi connectivity index (χ0n) is 15.4. The minimum Gasteiger partial charge on any atom is -0.494 e. The number of carbonyl (C=O) groups excluding carboxylic acids is 1. The molecule has 0 saturated heterocycles. The van der Waals surface area contributed by atoms with Crippen LogP contribution in [-0.2, 0) is 21.2 Å². The SMILES string of the molecule is CCOc1ccc(S(=O)(=O)N(CCC(=O)NO)c2ccccc2)c(CC)c1. The van der Waals surface area contributed by atoms with Crippen molar-refractivity contribution >= 4 is 21.6 Å². The molecule has 146 valence electrons. The van der Waals surface area contributed by atoms with E-state index in [0.717, 1.165) is 0 Å². The average molecular weight is 392 g/mol. The van der Waals surface area contributed by atoms with Gasteiger partial charge in [0, 0.05) is 13.0 Å². The number of nitrogens with one attached hydrogen (secondary N) is 1. The van der Waals surface area contributed by atoms with Gasteiger partial charge >= 0.3 is 0 Å². The number of sulfonamides is 1. The first-order valence-electron chi connectivity index (χ1n) is 8.70. The third kappa shape index (κ3) is 4.99. The monoisotopic (exact) mass is 392 g/mol. The molecule has 0 spiro atoms. The fraction of sp³-hybridized carbons (Fsp3) is 0.316. The normalized spacial score (nSPS) is 11.1. The van der Waals surface area contributed by atoms with Gasteiger partial charge in [0.05, 0.1) is 17.2 Å². The van der Waals surface area contributed by atoms with Crippen LogP contribution in [0.1, 0.15) is 25.8 Å². The Bertz CT molecular complexity index is 869. The van der Waals surface area contributed by atoms with E-state index in [4.69, 9.17) is 9.94 Å². The Labute approximate surface area is 159 Å². The molecule has 0 saturated carbocycles. The van der Waals surface area contributed by atoms with E-state index in [1.165, 1.54) is 15.9 Å². The van der Waals surface area contributed by atoms with Crippen molar-refractivity contribution in [3.63, 3.8) is 0 Å². The van der Waals surface area contributed by atoms with E-state index in [9.17, 15) is 13.2 Å². The molecule has 0 aliphatic heterocycles. The van der Waals surface area contributed by atoms with Crippen LogP contribution in [-0.4, -0.2) is 32.7 Å². The topological polar surface area (TPSA) is 95.9 Å². The van der Waals surface area contributed by atoms with Gasteiger partial charge in [-0.15, -0.1) is 0 Å². The molecule has 2 rings (SSSR count). The highest BCUT2D eigenvalue weighted by atomic mass is 32.2. The first kappa shape index (κ1) is 20.7. The fourth-order valence-corrected chi connectivity index (χ4v) is 4.44. The largest absolute Gasteiger partial charge is 0.494 e. The van der Waals surface area contributed by atoms with Gasteiger partial charge in [-0.1, -0.05) is 25.1 Å². The van der Waals surface area contributed by atoms with Gasteiger partial charge in [-0.2, -0.15) is 0 Å². The quantitative estimate of drug-likeness (QED) is 0.505. The second kappa shape index (κ2) is 9.38. The molecule has 0 aliphatic carbocycles. The van der Waals surface area contributed by atoms with E-state index >= 15 is 0 Å². The summed E-state index contributed by atoms with van der Waals surface area (Å²) in [6.45, 7) is 4.12. The Kier molecular flexibility index (Phi) is 7.20. The summed E-state index contributed by atoms with van der Waals surface area (Å²) in [4.78, 5) is 11.6. The Morgan fingerprint density at radius 2 is 1.85 bits per heavy atom. The van der Waals surface area contributed by atoms with Crippen LogP contribution in [0.2, 0.25) is 0 Å². The van der Waals surface area contributed by atoms with Crippen molar-refractivity contribution < 1.29 is 23.2 Å². The van der Waals surface area contributed by atoms with E-state index < -0.39 is 15.9 Å². The average Bonchev–Trinajstić information content (AvgIpc) is 2.68. The second-order valence-corrected chi connectivity index (χ2v) is 7.58. The number of hydrogen-bond donors (Lipinski definition) is 2. The van der Waals surface area contributed by atoms with Crippen LogP contribution in [0.4, 0.5) is 5.69 Å². The van der Waals surface area contributed by atoms with Crippen LogP contribution in [0, 0.1) is 0 Å². The lowest BCUT2D eigenvalue weighted by Gasteiger charge is -2.25. The van der Waals surface area contributed by atoms with Crippen LogP contribution in [0.15, 0.2) is 53.4 Å². The molecule has 0 heterocycles. The summed E-state index contributed by atoms with van der Waals surface area (Å²) in [6.07, 6.45) is 0.332. The van der Waals surface area contributed by atoms with Crippen molar-refractivity contribution in [2.45, 2.75) is 31.6 Å². The summed E-state index contributed by atoms with van der Waals surface area (Å²) < 4.78 is 33.4. The highest BCUT2D eigenvalue weighted by Gasteiger charge is 2.27. The Balaban J connectivity index is 2.48. The van der Waals surface area contributed by atoms with Crippen molar-refractivity contribution in [3.05, 3.63) is 54.1 Å². The molecule has 0 unspecified atom stereocenters. The number of nitrogens with zero attached hydrogens (tertiary/aromatic N) is 1. The Hall–Kier alpha value is -2.58. The maximum Gasteiger partial charge on any atom is 0.264 e. The van der Waals surface area contributed by atoms with Crippen LogP contribution < -0.4 is 14.5 Å². The maximum absolute atomic E-state index is 13.4. The van der Waals surface area contributed by atoms with Gasteiger partial charge in [-0.25, -0.2) is 13.9 Å². The zero-order chi connectivity index (χ0) is 19.9. The third-order valence-electron chi connectivity index (χ3n) is 4.00. The number of para-hydroxylation sites is 1. The molecule has 2 aromatic carbocycles. The predicted octanol–water partition coefficient (Wildman–Crippen LogP) is 2.74. The van der Waals surface area contributed by atoms with Gasteiger partial charge in [0.1, 0.15) is 5.75 Å². The number of carbonyl (C=O) groups is 1. The number of rotatable bonds is 9. The first-order valence-corrected chi connectivity index (χ1v) is 10.1. The lowest BCUT2D eigenvalue weighted by Crippen LogP contribution is -2.35. The molecule has 1 amide bonds. The molecule has 2 N–H and O–H groups in total. The predicted molar refractivity (Wildman–Crippen MR) is 103 cm³/mol. The summed E-state index contributed by atoms with van der Waals surface area (Å²) in [5.74, 6) is -0.0484. The number of benzene rings is 2. The van der Waals surface area contributed by atoms with Gasteiger partial charge in [0.2, 0.25) is 5.91 Å². The van der Waals surface area contributed by atoms with Crippen molar-refractivity contribution in [2.24, 2.45) is 0 Å². The molecule has 0 aromatic heterocycles. The fourth-order valence-electron chi connectivity index (χ4n) is 2.70. The lowest BCUT2D eigenvalue weighted by atomic mass is 10.1.